The van der Waals surface area contributed by atoms with Gasteiger partial charge < -0.3 is 25.4 Å². The van der Waals surface area contributed by atoms with Crippen LogP contribution in [-0.4, -0.2) is 24.1 Å². The van der Waals surface area contributed by atoms with Crippen LogP contribution in [0.2, 0.25) is 0 Å². The quantitative estimate of drug-likeness (QED) is 0.707. The molecule has 6 rings (SSSR count). The van der Waals surface area contributed by atoms with Gasteiger partial charge in [-0.1, -0.05) is 17.7 Å². The number of anilines is 1. The van der Waals surface area contributed by atoms with Gasteiger partial charge in [-0.2, -0.15) is 5.26 Å². The fraction of sp³-hybridized carbons (Fsp3) is 0.217. The predicted molar refractivity (Wildman–Crippen MR) is 109 cm³/mol. The van der Waals surface area contributed by atoms with Crippen LogP contribution >= 0.6 is 0 Å². The van der Waals surface area contributed by atoms with Crippen LogP contribution in [0.1, 0.15) is 22.3 Å². The molecule has 4 aliphatic heterocycles. The fourth-order valence-corrected chi connectivity index (χ4v) is 4.92. The number of nitrogens with zero attached hydrogens (tertiary/aromatic N) is 2. The lowest BCUT2D eigenvalue weighted by Crippen LogP contribution is -2.45. The van der Waals surface area contributed by atoms with Gasteiger partial charge >= 0.3 is 0 Å². The Morgan fingerprint density at radius 1 is 1.23 bits per heavy atom. The van der Waals surface area contributed by atoms with E-state index < -0.39 is 5.41 Å². The number of ether oxygens (including phenoxy) is 2. The Kier molecular flexibility index (Phi) is 3.16. The second-order valence-electron chi connectivity index (χ2n) is 7.98. The van der Waals surface area contributed by atoms with Gasteiger partial charge in [-0.05, 0) is 43.2 Å². The van der Waals surface area contributed by atoms with Crippen molar-refractivity contribution in [3.05, 3.63) is 70.1 Å². The maximum atomic E-state index is 13.3. The molecule has 0 aliphatic carbocycles. The highest BCUT2D eigenvalue weighted by molar-refractivity contribution is 6.12. The number of hydrogen-bond acceptors (Lipinski definition) is 6. The van der Waals surface area contributed by atoms with Crippen molar-refractivity contribution in [1.82, 2.24) is 4.90 Å². The molecule has 1 spiro atoms. The van der Waals surface area contributed by atoms with Gasteiger partial charge in [0, 0.05) is 29.1 Å². The van der Waals surface area contributed by atoms with E-state index in [2.05, 4.69) is 11.4 Å². The van der Waals surface area contributed by atoms with Crippen LogP contribution in [0.15, 0.2) is 47.8 Å². The minimum atomic E-state index is -1.25. The number of fused-ring (bicyclic) bond motifs is 6. The van der Waals surface area contributed by atoms with E-state index in [9.17, 15) is 10.1 Å². The summed E-state index contributed by atoms with van der Waals surface area (Å²) >= 11 is 0. The maximum Gasteiger partial charge on any atom is 0.244 e. The zero-order valence-electron chi connectivity index (χ0n) is 16.3. The molecule has 4 aliphatic rings. The molecule has 1 amide bonds. The number of amides is 1. The van der Waals surface area contributed by atoms with Crippen molar-refractivity contribution in [2.45, 2.75) is 18.8 Å². The molecule has 7 heteroatoms. The molecule has 0 fully saturated rings. The Balaban J connectivity index is 1.65. The maximum absolute atomic E-state index is 13.3. The molecule has 30 heavy (non-hydrogen) atoms. The molecule has 0 saturated heterocycles. The van der Waals surface area contributed by atoms with Crippen LogP contribution in [0, 0.1) is 18.3 Å². The molecule has 2 aromatic rings. The lowest BCUT2D eigenvalue weighted by atomic mass is 9.71. The van der Waals surface area contributed by atoms with Gasteiger partial charge in [0.25, 0.3) is 0 Å². The zero-order valence-corrected chi connectivity index (χ0v) is 16.3. The SMILES string of the molecule is Cc1ccc2c(c1)C1(C=C3c4cc5c(cc4CCN3C(N)=C1C#N)OCO5)C(=O)N2. The topological polar surface area (TPSA) is 101 Å². The van der Waals surface area contributed by atoms with Crippen molar-refractivity contribution >= 4 is 17.3 Å². The summed E-state index contributed by atoms with van der Waals surface area (Å²) in [5.41, 5.74) is 10.9. The number of nitriles is 1. The highest BCUT2D eigenvalue weighted by Crippen LogP contribution is 2.51. The molecule has 1 atom stereocenters. The third-order valence-electron chi connectivity index (χ3n) is 6.38. The molecule has 7 nitrogen and oxygen atoms in total. The fourth-order valence-electron chi connectivity index (χ4n) is 4.92. The van der Waals surface area contributed by atoms with Crippen molar-refractivity contribution in [2.75, 3.05) is 18.7 Å². The molecular formula is C23H18N4O3. The van der Waals surface area contributed by atoms with Gasteiger partial charge in [0.15, 0.2) is 11.5 Å². The number of carbonyl (C=O) groups excluding carboxylic acids is 1. The molecule has 0 bridgehead atoms. The van der Waals surface area contributed by atoms with Crippen molar-refractivity contribution in [2.24, 2.45) is 5.73 Å². The minimum absolute atomic E-state index is 0.195. The van der Waals surface area contributed by atoms with Crippen LogP contribution in [0.3, 0.4) is 0 Å². The third-order valence-corrected chi connectivity index (χ3v) is 6.38. The van der Waals surface area contributed by atoms with Crippen LogP contribution < -0.4 is 20.5 Å². The first-order valence-electron chi connectivity index (χ1n) is 9.79. The summed E-state index contributed by atoms with van der Waals surface area (Å²) in [6, 6.07) is 11.9. The van der Waals surface area contributed by atoms with Crippen LogP contribution in [-0.2, 0) is 16.6 Å². The van der Waals surface area contributed by atoms with E-state index in [0.29, 0.717) is 23.8 Å². The summed E-state index contributed by atoms with van der Waals surface area (Å²) in [7, 11) is 0. The van der Waals surface area contributed by atoms with Crippen LogP contribution in [0.5, 0.6) is 11.5 Å². The molecule has 0 saturated carbocycles. The van der Waals surface area contributed by atoms with Gasteiger partial charge in [0.1, 0.15) is 17.3 Å². The number of benzene rings is 2. The summed E-state index contributed by atoms with van der Waals surface area (Å²) < 4.78 is 11.1. The third kappa shape index (κ3) is 1.95. The van der Waals surface area contributed by atoms with Crippen LogP contribution in [0.4, 0.5) is 5.69 Å². The van der Waals surface area contributed by atoms with E-state index in [0.717, 1.165) is 40.1 Å². The highest BCUT2D eigenvalue weighted by Gasteiger charge is 2.53. The van der Waals surface area contributed by atoms with E-state index in [1.165, 1.54) is 0 Å². The second kappa shape index (κ2) is 5.57. The van der Waals surface area contributed by atoms with Crippen LogP contribution in [0.25, 0.3) is 5.70 Å². The summed E-state index contributed by atoms with van der Waals surface area (Å²) in [6.07, 6.45) is 2.64. The van der Waals surface area contributed by atoms with E-state index in [1.807, 2.05) is 48.2 Å². The number of nitrogens with one attached hydrogen (secondary N) is 1. The number of rotatable bonds is 0. The lowest BCUT2D eigenvalue weighted by Gasteiger charge is -2.41. The van der Waals surface area contributed by atoms with Gasteiger partial charge in [0.05, 0.1) is 5.57 Å². The summed E-state index contributed by atoms with van der Waals surface area (Å²) in [5.74, 6) is 1.46. The Morgan fingerprint density at radius 3 is 2.83 bits per heavy atom. The van der Waals surface area contributed by atoms with Gasteiger partial charge in [0.2, 0.25) is 12.7 Å². The number of carbonyl (C=O) groups is 1. The van der Waals surface area contributed by atoms with Crippen molar-refractivity contribution in [3.63, 3.8) is 0 Å². The highest BCUT2D eigenvalue weighted by atomic mass is 16.7. The molecule has 0 aromatic heterocycles. The summed E-state index contributed by atoms with van der Waals surface area (Å²) in [4.78, 5) is 15.3. The summed E-state index contributed by atoms with van der Waals surface area (Å²) in [5, 5.41) is 13.0. The monoisotopic (exact) mass is 398 g/mol. The number of aryl methyl sites for hydroxylation is 1. The van der Waals surface area contributed by atoms with Gasteiger partial charge in [-0.15, -0.1) is 0 Å². The van der Waals surface area contributed by atoms with Gasteiger partial charge in [-0.3, -0.25) is 4.79 Å². The first kappa shape index (κ1) is 17.0. The van der Waals surface area contributed by atoms with Crippen molar-refractivity contribution < 1.29 is 14.3 Å². The van der Waals surface area contributed by atoms with E-state index in [4.69, 9.17) is 15.2 Å². The molecule has 0 radical (unpaired) electrons. The Morgan fingerprint density at radius 2 is 2.03 bits per heavy atom. The van der Waals surface area contributed by atoms with Crippen molar-refractivity contribution in [1.29, 1.82) is 5.26 Å². The largest absolute Gasteiger partial charge is 0.454 e. The Hall–Kier alpha value is -3.92. The summed E-state index contributed by atoms with van der Waals surface area (Å²) in [6.45, 7) is 2.78. The lowest BCUT2D eigenvalue weighted by molar-refractivity contribution is -0.118. The van der Waals surface area contributed by atoms with E-state index >= 15 is 0 Å². The molecule has 1 unspecified atom stereocenters. The standard InChI is InChI=1S/C23H18N4O3/c1-12-2-3-17-15(6-12)23(22(28)26-17)9-18-14-8-20-19(29-11-30-20)7-13(14)4-5-27(18)21(25)16(23)10-24/h2-3,6-9H,4-5,11,25H2,1H3,(H,26,28). The average molecular weight is 398 g/mol. The molecule has 148 valence electrons. The number of nitrogens with two attached hydrogens (primary N) is 1. The smallest absolute Gasteiger partial charge is 0.244 e. The number of hydrogen-bond donors (Lipinski definition) is 2. The van der Waals surface area contributed by atoms with Crippen molar-refractivity contribution in [3.8, 4) is 17.6 Å². The van der Waals surface area contributed by atoms with Gasteiger partial charge in [-0.25, -0.2) is 0 Å². The first-order valence-corrected chi connectivity index (χ1v) is 9.79. The normalized spacial score (nSPS) is 22.9. The Labute approximate surface area is 173 Å². The zero-order chi connectivity index (χ0) is 20.6. The molecular weight excluding hydrogens is 380 g/mol. The average Bonchev–Trinajstić information content (AvgIpc) is 3.30. The minimum Gasteiger partial charge on any atom is -0.454 e. The predicted octanol–water partition coefficient (Wildman–Crippen LogP) is 2.52. The van der Waals surface area contributed by atoms with E-state index in [-0.39, 0.29) is 18.3 Å². The Bertz CT molecular complexity index is 1270. The molecule has 4 heterocycles. The molecule has 2 aromatic carbocycles. The second-order valence-corrected chi connectivity index (χ2v) is 7.98. The molecule has 3 N–H and O–H groups in total. The first-order chi connectivity index (χ1) is 14.5. The van der Waals surface area contributed by atoms with E-state index in [1.54, 1.807) is 0 Å².